The van der Waals surface area contributed by atoms with Crippen LogP contribution in [0.2, 0.25) is 0 Å². The fraction of sp³-hybridized carbons (Fsp3) is 0.951. The molecule has 0 bridgehead atoms. The van der Waals surface area contributed by atoms with Gasteiger partial charge in [0.1, 0.15) is 19.3 Å². The van der Waals surface area contributed by atoms with Gasteiger partial charge in [0.25, 0.3) is 0 Å². The van der Waals surface area contributed by atoms with E-state index in [0.717, 1.165) is 108 Å². The summed E-state index contributed by atoms with van der Waals surface area (Å²) < 4.78 is 68.8. The Kier molecular flexibility index (Phi) is 70.9. The summed E-state index contributed by atoms with van der Waals surface area (Å²) >= 11 is 0. The minimum absolute atomic E-state index is 0.106. The zero-order valence-electron chi connectivity index (χ0n) is 66.4. The Morgan fingerprint density at radius 1 is 0.267 bits per heavy atom. The van der Waals surface area contributed by atoms with Crippen LogP contribution in [-0.4, -0.2) is 96.7 Å². The van der Waals surface area contributed by atoms with E-state index in [1.165, 1.54) is 238 Å². The average molecular weight is 1480 g/mol. The lowest BCUT2D eigenvalue weighted by Gasteiger charge is -2.21. The second-order valence-corrected chi connectivity index (χ2v) is 33.8. The molecule has 0 aromatic heterocycles. The maximum Gasteiger partial charge on any atom is 0.472 e. The van der Waals surface area contributed by atoms with Crippen LogP contribution in [0.1, 0.15) is 427 Å². The Labute approximate surface area is 619 Å². The number of aliphatic hydroxyl groups excluding tert-OH is 1. The molecule has 0 heterocycles. The van der Waals surface area contributed by atoms with E-state index in [1.54, 1.807) is 0 Å². The van der Waals surface area contributed by atoms with Crippen molar-refractivity contribution in [1.82, 2.24) is 0 Å². The maximum absolute atomic E-state index is 13.1. The minimum atomic E-state index is -4.96. The van der Waals surface area contributed by atoms with Crippen molar-refractivity contribution in [3.05, 3.63) is 0 Å². The molecule has 0 amide bonds. The zero-order valence-corrected chi connectivity index (χ0v) is 68.2. The molecule has 0 rings (SSSR count). The quantitative estimate of drug-likeness (QED) is 0.0222. The van der Waals surface area contributed by atoms with Crippen LogP contribution in [0.3, 0.4) is 0 Å². The topological polar surface area (TPSA) is 237 Å². The van der Waals surface area contributed by atoms with Gasteiger partial charge < -0.3 is 33.8 Å². The van der Waals surface area contributed by atoms with E-state index in [1.807, 2.05) is 0 Å². The van der Waals surface area contributed by atoms with E-state index in [0.29, 0.717) is 25.7 Å². The van der Waals surface area contributed by atoms with Crippen LogP contribution in [-0.2, 0) is 65.4 Å². The maximum atomic E-state index is 13.1. The third-order valence-electron chi connectivity index (χ3n) is 19.1. The fourth-order valence-electron chi connectivity index (χ4n) is 12.7. The number of unbranched alkanes of at least 4 members (excludes halogenated alkanes) is 48. The van der Waals surface area contributed by atoms with Crippen molar-refractivity contribution in [2.24, 2.45) is 17.8 Å². The highest BCUT2D eigenvalue weighted by molar-refractivity contribution is 7.47. The van der Waals surface area contributed by atoms with Gasteiger partial charge in [0, 0.05) is 25.7 Å². The van der Waals surface area contributed by atoms with Crippen LogP contribution >= 0.6 is 15.6 Å². The molecule has 0 aliphatic heterocycles. The van der Waals surface area contributed by atoms with Crippen LogP contribution in [0.5, 0.6) is 0 Å². The predicted octanol–water partition coefficient (Wildman–Crippen LogP) is 24.5. The van der Waals surface area contributed by atoms with E-state index in [2.05, 4.69) is 48.5 Å². The summed E-state index contributed by atoms with van der Waals surface area (Å²) in [6.07, 6.45) is 61.0. The zero-order chi connectivity index (χ0) is 74.4. The number of ether oxygens (including phenoxy) is 4. The number of carbonyl (C=O) groups is 4. The number of rotatable bonds is 80. The molecular formula is C82H160O17P2. The van der Waals surface area contributed by atoms with Gasteiger partial charge in [-0.2, -0.15) is 0 Å². The highest BCUT2D eigenvalue weighted by Gasteiger charge is 2.30. The first-order valence-electron chi connectivity index (χ1n) is 42.3. The molecule has 3 N–H and O–H groups in total. The van der Waals surface area contributed by atoms with Crippen LogP contribution in [0, 0.1) is 17.8 Å². The Morgan fingerprint density at radius 3 is 0.673 bits per heavy atom. The van der Waals surface area contributed by atoms with Crippen molar-refractivity contribution < 1.29 is 80.2 Å². The highest BCUT2D eigenvalue weighted by Crippen LogP contribution is 2.45. The largest absolute Gasteiger partial charge is 0.472 e. The van der Waals surface area contributed by atoms with Gasteiger partial charge in [-0.05, 0) is 43.4 Å². The van der Waals surface area contributed by atoms with E-state index in [9.17, 15) is 43.2 Å². The Morgan fingerprint density at radius 2 is 0.455 bits per heavy atom. The monoisotopic (exact) mass is 1480 g/mol. The molecule has 101 heavy (non-hydrogen) atoms. The Bertz CT molecular complexity index is 1960. The van der Waals surface area contributed by atoms with E-state index >= 15 is 0 Å². The first-order chi connectivity index (χ1) is 48.7. The first-order valence-corrected chi connectivity index (χ1v) is 45.3. The number of carbonyl (C=O) groups excluding carboxylic acids is 4. The summed E-state index contributed by atoms with van der Waals surface area (Å²) in [6, 6.07) is 0. The van der Waals surface area contributed by atoms with Gasteiger partial charge in [-0.1, -0.05) is 376 Å². The van der Waals surface area contributed by atoms with Gasteiger partial charge in [0.15, 0.2) is 12.2 Å². The number of hydrogen-bond acceptors (Lipinski definition) is 15. The predicted molar refractivity (Wildman–Crippen MR) is 414 cm³/mol. The molecule has 17 nitrogen and oxygen atoms in total. The molecule has 0 radical (unpaired) electrons. The van der Waals surface area contributed by atoms with Crippen molar-refractivity contribution in [2.45, 2.75) is 446 Å². The molecule has 5 atom stereocenters. The van der Waals surface area contributed by atoms with Gasteiger partial charge in [0.2, 0.25) is 0 Å². The standard InChI is InChI=1S/C82H160O17P2/c1-8-9-10-11-12-13-14-15-16-17-20-23-26-35-42-49-56-63-79(84)92-69-77(98-81(86)65-58-51-44-37-27-24-21-18-19-22-25-32-39-46-53-60-73(2)3)71-96-100(88,89)94-67-76(83)68-95-101(90,91)97-72-78(99-82(87)66-59-52-45-38-31-29-34-41-48-55-62-75(6)7)70-93-80(85)64-57-50-43-36-30-28-33-40-47-54-61-74(4)5/h73-78,83H,8-72H2,1-7H3,(H,88,89)(H,90,91)/t76-,77-,78-/m1/s1. The lowest BCUT2D eigenvalue weighted by Crippen LogP contribution is -2.30. The number of aliphatic hydroxyl groups is 1. The Hall–Kier alpha value is -1.94. The molecule has 2 unspecified atom stereocenters. The van der Waals surface area contributed by atoms with Crippen LogP contribution in [0.4, 0.5) is 0 Å². The molecule has 0 saturated heterocycles. The van der Waals surface area contributed by atoms with Crippen molar-refractivity contribution in [3.63, 3.8) is 0 Å². The summed E-state index contributed by atoms with van der Waals surface area (Å²) in [7, 11) is -9.92. The van der Waals surface area contributed by atoms with Crippen LogP contribution < -0.4 is 0 Å². The summed E-state index contributed by atoms with van der Waals surface area (Å²) in [5, 5.41) is 10.7. The molecular weight excluding hydrogens is 1320 g/mol. The molecule has 0 spiro atoms. The third kappa shape index (κ3) is 76.1. The van der Waals surface area contributed by atoms with E-state index < -0.39 is 97.5 Å². The fourth-order valence-corrected chi connectivity index (χ4v) is 14.2. The number of phosphoric acid groups is 2. The van der Waals surface area contributed by atoms with Gasteiger partial charge in [-0.15, -0.1) is 0 Å². The molecule has 0 aromatic rings. The van der Waals surface area contributed by atoms with E-state index in [4.69, 9.17) is 37.0 Å². The van der Waals surface area contributed by atoms with Crippen molar-refractivity contribution in [3.8, 4) is 0 Å². The summed E-state index contributed by atoms with van der Waals surface area (Å²) in [5.74, 6) is 0.204. The average Bonchev–Trinajstić information content (AvgIpc) is 1.03. The first kappa shape index (κ1) is 99.1. The molecule has 0 aliphatic carbocycles. The second-order valence-electron chi connectivity index (χ2n) is 30.9. The minimum Gasteiger partial charge on any atom is -0.462 e. The van der Waals surface area contributed by atoms with Gasteiger partial charge in [-0.3, -0.25) is 37.3 Å². The lowest BCUT2D eigenvalue weighted by molar-refractivity contribution is -0.161. The number of hydrogen-bond donors (Lipinski definition) is 3. The number of esters is 4. The number of phosphoric ester groups is 2. The van der Waals surface area contributed by atoms with Crippen molar-refractivity contribution in [2.75, 3.05) is 39.6 Å². The molecule has 19 heteroatoms. The smallest absolute Gasteiger partial charge is 0.462 e. The van der Waals surface area contributed by atoms with Crippen LogP contribution in [0.25, 0.3) is 0 Å². The van der Waals surface area contributed by atoms with Gasteiger partial charge in [0.05, 0.1) is 26.4 Å². The SMILES string of the molecule is CCCCCCCCCCCCCCCCCCCC(=O)OC[C@H](COP(=O)(O)OC[C@@H](O)COP(=O)(O)OC[C@@H](COC(=O)CCCCCCCCCCCCC(C)C)OC(=O)CCCCCCCCCCCCC(C)C)OC(=O)CCCCCCCCCCCCCCCCCC(C)C. The molecule has 0 saturated carbocycles. The Balaban J connectivity index is 5.26. The summed E-state index contributed by atoms with van der Waals surface area (Å²) in [4.78, 5) is 73.1. The second kappa shape index (κ2) is 72.3. The molecule has 600 valence electrons. The molecule has 0 fully saturated rings. The van der Waals surface area contributed by atoms with Gasteiger partial charge >= 0.3 is 39.5 Å². The van der Waals surface area contributed by atoms with Crippen LogP contribution in [0.15, 0.2) is 0 Å². The molecule has 0 aliphatic rings. The van der Waals surface area contributed by atoms with E-state index in [-0.39, 0.29) is 25.7 Å². The van der Waals surface area contributed by atoms with Crippen molar-refractivity contribution >= 4 is 39.5 Å². The van der Waals surface area contributed by atoms with Gasteiger partial charge in [-0.25, -0.2) is 9.13 Å². The van der Waals surface area contributed by atoms with Crippen molar-refractivity contribution in [1.29, 1.82) is 0 Å². The summed E-state index contributed by atoms with van der Waals surface area (Å²) in [6.45, 7) is 12.0. The normalized spacial score (nSPS) is 14.0. The highest BCUT2D eigenvalue weighted by atomic mass is 31.2. The third-order valence-corrected chi connectivity index (χ3v) is 21.0. The molecule has 0 aromatic carbocycles. The lowest BCUT2D eigenvalue weighted by atomic mass is 10.0. The summed E-state index contributed by atoms with van der Waals surface area (Å²) in [5.41, 5.74) is 0.